The molecule has 1 saturated heterocycles. The molecule has 2 aliphatic rings. The number of nitrogens with one attached hydrogen (secondary N) is 1. The van der Waals surface area contributed by atoms with Crippen LogP contribution in [0.3, 0.4) is 0 Å². The smallest absolute Gasteiger partial charge is 0.239 e. The van der Waals surface area contributed by atoms with Crippen molar-refractivity contribution in [2.24, 2.45) is 0 Å². The summed E-state index contributed by atoms with van der Waals surface area (Å²) in [5, 5.41) is 3.25. The van der Waals surface area contributed by atoms with Crippen molar-refractivity contribution in [2.45, 2.75) is 31.9 Å². The normalized spacial score (nSPS) is 27.1. The fourth-order valence-corrected chi connectivity index (χ4v) is 3.07. The topological polar surface area (TPSA) is 41.6 Å². The first kappa shape index (κ1) is 13.6. The molecular weight excluding hydrogens is 252 g/mol. The molecule has 20 heavy (non-hydrogen) atoms. The first-order valence-corrected chi connectivity index (χ1v) is 7.47. The average Bonchev–Trinajstić information content (AvgIpc) is 2.63. The minimum Gasteiger partial charge on any atom is -0.371 e. The van der Waals surface area contributed by atoms with Crippen LogP contribution in [0.5, 0.6) is 0 Å². The van der Waals surface area contributed by atoms with Crippen molar-refractivity contribution >= 4 is 5.91 Å². The number of nitrogens with zero attached hydrogens (tertiary/aromatic N) is 1. The number of benzene rings is 1. The van der Waals surface area contributed by atoms with E-state index in [-0.39, 0.29) is 18.1 Å². The van der Waals surface area contributed by atoms with Gasteiger partial charge in [0.1, 0.15) is 6.10 Å². The van der Waals surface area contributed by atoms with Gasteiger partial charge in [0.05, 0.1) is 19.2 Å². The standard InChI is InChI=1S/C16H22N2O2/c1-12-16(19)18(9-4-8-17-12)11-15-14-6-3-2-5-13(14)7-10-20-15/h2-3,5-6,12,15,17H,4,7-11H2,1H3. The Labute approximate surface area is 120 Å². The molecule has 4 nitrogen and oxygen atoms in total. The molecule has 1 amide bonds. The fraction of sp³-hybridized carbons (Fsp3) is 0.562. The van der Waals surface area contributed by atoms with Crippen LogP contribution in [0.2, 0.25) is 0 Å². The van der Waals surface area contributed by atoms with Crippen molar-refractivity contribution in [3.05, 3.63) is 35.4 Å². The van der Waals surface area contributed by atoms with Crippen LogP contribution in [-0.4, -0.2) is 43.1 Å². The Bertz CT molecular complexity index is 489. The number of fused-ring (bicyclic) bond motifs is 1. The lowest BCUT2D eigenvalue weighted by Crippen LogP contribution is -2.44. The lowest BCUT2D eigenvalue weighted by atomic mass is 9.97. The van der Waals surface area contributed by atoms with Crippen LogP contribution in [0.25, 0.3) is 0 Å². The Morgan fingerprint density at radius 2 is 2.25 bits per heavy atom. The largest absolute Gasteiger partial charge is 0.371 e. The molecule has 108 valence electrons. The van der Waals surface area contributed by atoms with Crippen LogP contribution >= 0.6 is 0 Å². The summed E-state index contributed by atoms with van der Waals surface area (Å²) in [5.74, 6) is 0.189. The lowest BCUT2D eigenvalue weighted by molar-refractivity contribution is -0.134. The third kappa shape index (κ3) is 2.72. The molecule has 0 spiro atoms. The molecule has 1 N–H and O–H groups in total. The maximum atomic E-state index is 12.3. The van der Waals surface area contributed by atoms with E-state index in [1.807, 2.05) is 11.8 Å². The molecule has 0 saturated carbocycles. The van der Waals surface area contributed by atoms with Gasteiger partial charge in [-0.05, 0) is 37.4 Å². The predicted molar refractivity (Wildman–Crippen MR) is 77.5 cm³/mol. The van der Waals surface area contributed by atoms with E-state index in [0.29, 0.717) is 6.54 Å². The van der Waals surface area contributed by atoms with Gasteiger partial charge < -0.3 is 15.0 Å². The predicted octanol–water partition coefficient (Wildman–Crippen LogP) is 1.51. The molecule has 1 fully saturated rings. The zero-order valence-corrected chi connectivity index (χ0v) is 12.0. The molecule has 3 rings (SSSR count). The van der Waals surface area contributed by atoms with E-state index in [2.05, 4.69) is 29.6 Å². The monoisotopic (exact) mass is 274 g/mol. The number of carbonyl (C=O) groups is 1. The molecule has 1 aromatic carbocycles. The highest BCUT2D eigenvalue weighted by Crippen LogP contribution is 2.28. The zero-order valence-electron chi connectivity index (χ0n) is 12.0. The zero-order chi connectivity index (χ0) is 13.9. The average molecular weight is 274 g/mol. The van der Waals surface area contributed by atoms with Gasteiger partial charge in [0.25, 0.3) is 0 Å². The molecule has 0 radical (unpaired) electrons. The number of carbonyl (C=O) groups excluding carboxylic acids is 1. The second-order valence-electron chi connectivity index (χ2n) is 5.62. The van der Waals surface area contributed by atoms with Crippen molar-refractivity contribution in [1.29, 1.82) is 0 Å². The number of ether oxygens (including phenoxy) is 1. The molecule has 2 unspecified atom stereocenters. The van der Waals surface area contributed by atoms with Crippen LogP contribution < -0.4 is 5.32 Å². The second-order valence-corrected chi connectivity index (χ2v) is 5.62. The van der Waals surface area contributed by atoms with Crippen molar-refractivity contribution in [3.63, 3.8) is 0 Å². The van der Waals surface area contributed by atoms with Gasteiger partial charge >= 0.3 is 0 Å². The van der Waals surface area contributed by atoms with E-state index in [1.165, 1.54) is 11.1 Å². The molecular formula is C16H22N2O2. The van der Waals surface area contributed by atoms with Gasteiger partial charge in [-0.3, -0.25) is 4.79 Å². The summed E-state index contributed by atoms with van der Waals surface area (Å²) in [6.45, 7) is 5.08. The highest BCUT2D eigenvalue weighted by atomic mass is 16.5. The molecule has 2 atom stereocenters. The summed E-state index contributed by atoms with van der Waals surface area (Å²) >= 11 is 0. The minimum absolute atomic E-state index is 0.0224. The third-order valence-corrected chi connectivity index (χ3v) is 4.22. The van der Waals surface area contributed by atoms with Crippen LogP contribution in [0.4, 0.5) is 0 Å². The first-order chi connectivity index (χ1) is 9.75. The highest BCUT2D eigenvalue weighted by molar-refractivity contribution is 5.81. The van der Waals surface area contributed by atoms with Crippen molar-refractivity contribution in [1.82, 2.24) is 10.2 Å². The molecule has 0 aliphatic carbocycles. The van der Waals surface area contributed by atoms with Gasteiger partial charge in [-0.1, -0.05) is 24.3 Å². The summed E-state index contributed by atoms with van der Waals surface area (Å²) in [4.78, 5) is 14.3. The van der Waals surface area contributed by atoms with Crippen LogP contribution in [0, 0.1) is 0 Å². The molecule has 2 heterocycles. The van der Waals surface area contributed by atoms with Crippen LogP contribution in [0.15, 0.2) is 24.3 Å². The van der Waals surface area contributed by atoms with E-state index in [0.717, 1.165) is 32.5 Å². The number of hydrogen-bond acceptors (Lipinski definition) is 3. The summed E-state index contributed by atoms with van der Waals surface area (Å²) in [7, 11) is 0. The van der Waals surface area contributed by atoms with Crippen molar-refractivity contribution in [2.75, 3.05) is 26.2 Å². The third-order valence-electron chi connectivity index (χ3n) is 4.22. The Morgan fingerprint density at radius 1 is 1.40 bits per heavy atom. The Morgan fingerprint density at radius 3 is 3.15 bits per heavy atom. The maximum Gasteiger partial charge on any atom is 0.239 e. The second kappa shape index (κ2) is 5.94. The van der Waals surface area contributed by atoms with Gasteiger partial charge in [-0.25, -0.2) is 0 Å². The van der Waals surface area contributed by atoms with Gasteiger partial charge in [-0.15, -0.1) is 0 Å². The van der Waals surface area contributed by atoms with E-state index < -0.39 is 0 Å². The fourth-order valence-electron chi connectivity index (χ4n) is 3.07. The minimum atomic E-state index is -0.0867. The highest BCUT2D eigenvalue weighted by Gasteiger charge is 2.28. The molecule has 0 bridgehead atoms. The van der Waals surface area contributed by atoms with E-state index >= 15 is 0 Å². The molecule has 1 aromatic rings. The van der Waals surface area contributed by atoms with Crippen molar-refractivity contribution in [3.8, 4) is 0 Å². The number of rotatable bonds is 2. The summed E-state index contributed by atoms with van der Waals surface area (Å²) in [6.07, 6.45) is 2.00. The van der Waals surface area contributed by atoms with E-state index in [9.17, 15) is 4.79 Å². The molecule has 2 aliphatic heterocycles. The summed E-state index contributed by atoms with van der Waals surface area (Å²) in [5.41, 5.74) is 2.61. The van der Waals surface area contributed by atoms with Gasteiger partial charge in [0.15, 0.2) is 0 Å². The van der Waals surface area contributed by atoms with Crippen molar-refractivity contribution < 1.29 is 9.53 Å². The van der Waals surface area contributed by atoms with Crippen LogP contribution in [-0.2, 0) is 16.0 Å². The Kier molecular flexibility index (Phi) is 4.03. The van der Waals surface area contributed by atoms with Gasteiger partial charge in [0, 0.05) is 6.54 Å². The Hall–Kier alpha value is -1.39. The number of hydrogen-bond donors (Lipinski definition) is 1. The lowest BCUT2D eigenvalue weighted by Gasteiger charge is -2.31. The molecule has 0 aromatic heterocycles. The quantitative estimate of drug-likeness (QED) is 0.889. The summed E-state index contributed by atoms with van der Waals surface area (Å²) < 4.78 is 5.92. The number of amides is 1. The van der Waals surface area contributed by atoms with Crippen LogP contribution in [0.1, 0.15) is 30.6 Å². The molecule has 4 heteroatoms. The van der Waals surface area contributed by atoms with E-state index in [4.69, 9.17) is 4.74 Å². The van der Waals surface area contributed by atoms with Gasteiger partial charge in [0.2, 0.25) is 5.91 Å². The first-order valence-electron chi connectivity index (χ1n) is 7.47. The van der Waals surface area contributed by atoms with E-state index in [1.54, 1.807) is 0 Å². The van der Waals surface area contributed by atoms with Gasteiger partial charge in [-0.2, -0.15) is 0 Å². The maximum absolute atomic E-state index is 12.3. The summed E-state index contributed by atoms with van der Waals surface area (Å²) in [6, 6.07) is 8.33. The SMILES string of the molecule is CC1NCCCN(CC2OCCc3ccccc32)C1=O. The Balaban J connectivity index is 1.76.